The highest BCUT2D eigenvalue weighted by atomic mass is 31.0. The van der Waals surface area contributed by atoms with E-state index in [1.807, 2.05) is 6.92 Å². The van der Waals surface area contributed by atoms with Crippen LogP contribution in [0.5, 0.6) is 0 Å². The molecule has 0 spiro atoms. The van der Waals surface area contributed by atoms with Crippen LogP contribution in [0.4, 0.5) is 0 Å². The molecule has 56 valence electrons. The summed E-state index contributed by atoms with van der Waals surface area (Å²) >= 11 is 0. The third-order valence-electron chi connectivity index (χ3n) is 1.49. The first-order valence-corrected chi connectivity index (χ1v) is 3.89. The van der Waals surface area contributed by atoms with Gasteiger partial charge in [-0.05, 0) is 0 Å². The van der Waals surface area contributed by atoms with Gasteiger partial charge in [-0.1, -0.05) is 22.1 Å². The molecule has 0 N–H and O–H groups in total. The van der Waals surface area contributed by atoms with Crippen molar-refractivity contribution in [2.75, 3.05) is 6.61 Å². The molecule has 0 saturated carbocycles. The van der Waals surface area contributed by atoms with E-state index in [0.29, 0.717) is 12.5 Å². The molecule has 1 saturated heterocycles. The summed E-state index contributed by atoms with van der Waals surface area (Å²) in [5.41, 5.74) is 0. The van der Waals surface area contributed by atoms with Gasteiger partial charge in [-0.15, -0.1) is 6.42 Å². The normalized spacial score (nSPS) is 40.7. The summed E-state index contributed by atoms with van der Waals surface area (Å²) < 4.78 is 10.4. The highest BCUT2D eigenvalue weighted by Crippen LogP contribution is 2.20. The summed E-state index contributed by atoms with van der Waals surface area (Å²) in [6.45, 7) is 2.70. The first kappa shape index (κ1) is 8.01. The fourth-order valence-corrected chi connectivity index (χ4v) is 1.14. The summed E-state index contributed by atoms with van der Waals surface area (Å²) in [6, 6.07) is -0.225. The molecule has 0 bridgehead atoms. The molecule has 0 aromatic heterocycles. The Morgan fingerprint density at radius 3 is 2.90 bits per heavy atom. The molecule has 2 nitrogen and oxygen atoms in total. The van der Waals surface area contributed by atoms with Crippen molar-refractivity contribution in [3.8, 4) is 12.3 Å². The van der Waals surface area contributed by atoms with Crippen LogP contribution in [0.1, 0.15) is 6.92 Å². The first-order chi connectivity index (χ1) is 4.74. The zero-order chi connectivity index (χ0) is 7.56. The SMILES string of the molecule is C#C[C@H]1O[C@@H](P)OC[C@@H]1C. The van der Waals surface area contributed by atoms with Crippen LogP contribution in [0.3, 0.4) is 0 Å². The van der Waals surface area contributed by atoms with Gasteiger partial charge in [0.2, 0.25) is 0 Å². The quantitative estimate of drug-likeness (QED) is 0.384. The average molecular weight is 158 g/mol. The van der Waals surface area contributed by atoms with Crippen molar-refractivity contribution in [1.82, 2.24) is 0 Å². The molecule has 0 aromatic rings. The van der Waals surface area contributed by atoms with E-state index in [4.69, 9.17) is 15.9 Å². The second-order valence-corrected chi connectivity index (χ2v) is 2.95. The molecule has 0 radical (unpaired) electrons. The lowest BCUT2D eigenvalue weighted by Crippen LogP contribution is -2.34. The minimum absolute atomic E-state index is 0.0868. The minimum Gasteiger partial charge on any atom is -0.349 e. The number of hydrogen-bond acceptors (Lipinski definition) is 2. The van der Waals surface area contributed by atoms with E-state index in [0.717, 1.165) is 0 Å². The van der Waals surface area contributed by atoms with Gasteiger partial charge in [0.25, 0.3) is 0 Å². The van der Waals surface area contributed by atoms with Crippen LogP contribution in [-0.4, -0.2) is 18.7 Å². The van der Waals surface area contributed by atoms with Gasteiger partial charge in [0.05, 0.1) is 6.61 Å². The zero-order valence-corrected chi connectivity index (χ0v) is 7.07. The third kappa shape index (κ3) is 1.70. The zero-order valence-electron chi connectivity index (χ0n) is 5.91. The molecule has 1 fully saturated rings. The smallest absolute Gasteiger partial charge is 0.171 e. The lowest BCUT2D eigenvalue weighted by molar-refractivity contribution is -0.170. The van der Waals surface area contributed by atoms with E-state index in [2.05, 4.69) is 15.2 Å². The molecule has 0 amide bonds. The third-order valence-corrected chi connectivity index (χ3v) is 1.83. The molecular formula is C7H11O2P. The maximum absolute atomic E-state index is 5.25. The number of ether oxygens (including phenoxy) is 2. The van der Waals surface area contributed by atoms with E-state index in [1.54, 1.807) is 0 Å². The summed E-state index contributed by atoms with van der Waals surface area (Å²) in [5.74, 6) is 2.88. The standard InChI is InChI=1S/C7H11O2P/c1-3-6-5(2)4-8-7(10)9-6/h1,5-7H,4,10H2,2H3/t5-,6+,7-/m0/s1. The highest BCUT2D eigenvalue weighted by molar-refractivity contribution is 7.16. The number of rotatable bonds is 0. The van der Waals surface area contributed by atoms with Crippen molar-refractivity contribution in [3.63, 3.8) is 0 Å². The first-order valence-electron chi connectivity index (χ1n) is 3.23. The molecule has 1 unspecified atom stereocenters. The van der Waals surface area contributed by atoms with Gasteiger partial charge in [0.1, 0.15) is 6.10 Å². The Morgan fingerprint density at radius 1 is 1.70 bits per heavy atom. The van der Waals surface area contributed by atoms with Crippen LogP contribution >= 0.6 is 9.24 Å². The maximum Gasteiger partial charge on any atom is 0.171 e. The van der Waals surface area contributed by atoms with Gasteiger partial charge < -0.3 is 9.47 Å². The Morgan fingerprint density at radius 2 is 2.40 bits per heavy atom. The molecule has 0 aromatic carbocycles. The molecule has 0 aliphatic carbocycles. The van der Waals surface area contributed by atoms with Crippen molar-refractivity contribution < 1.29 is 9.47 Å². The molecule has 1 aliphatic heterocycles. The van der Waals surface area contributed by atoms with Gasteiger partial charge in [0, 0.05) is 5.92 Å². The molecule has 1 heterocycles. The second kappa shape index (κ2) is 3.34. The van der Waals surface area contributed by atoms with Crippen molar-refractivity contribution in [3.05, 3.63) is 0 Å². The fourth-order valence-electron chi connectivity index (χ4n) is 0.855. The van der Waals surface area contributed by atoms with E-state index in [1.165, 1.54) is 0 Å². The minimum atomic E-state index is -0.225. The van der Waals surface area contributed by atoms with Crippen LogP contribution < -0.4 is 0 Å². The van der Waals surface area contributed by atoms with E-state index >= 15 is 0 Å². The van der Waals surface area contributed by atoms with Crippen molar-refractivity contribution in [2.24, 2.45) is 5.92 Å². The van der Waals surface area contributed by atoms with Crippen LogP contribution in [0.15, 0.2) is 0 Å². The second-order valence-electron chi connectivity index (χ2n) is 2.40. The van der Waals surface area contributed by atoms with Crippen molar-refractivity contribution >= 4 is 9.24 Å². The summed E-state index contributed by atoms with van der Waals surface area (Å²) in [7, 11) is 2.43. The number of hydrogen-bond donors (Lipinski definition) is 0. The summed E-state index contributed by atoms with van der Waals surface area (Å²) in [5, 5.41) is 0. The molecular weight excluding hydrogens is 147 g/mol. The van der Waals surface area contributed by atoms with Gasteiger partial charge in [-0.25, -0.2) is 0 Å². The van der Waals surface area contributed by atoms with E-state index in [-0.39, 0.29) is 12.1 Å². The van der Waals surface area contributed by atoms with Gasteiger partial charge in [-0.3, -0.25) is 0 Å². The Labute approximate surface area is 63.5 Å². The van der Waals surface area contributed by atoms with Crippen molar-refractivity contribution in [2.45, 2.75) is 19.1 Å². The molecule has 4 atom stereocenters. The Hall–Kier alpha value is -0.0900. The topological polar surface area (TPSA) is 18.5 Å². The average Bonchev–Trinajstić information content (AvgIpc) is 1.94. The highest BCUT2D eigenvalue weighted by Gasteiger charge is 2.24. The van der Waals surface area contributed by atoms with Gasteiger partial charge in [-0.2, -0.15) is 0 Å². The lowest BCUT2D eigenvalue weighted by atomic mass is 10.1. The van der Waals surface area contributed by atoms with E-state index in [9.17, 15) is 0 Å². The maximum atomic E-state index is 5.25. The summed E-state index contributed by atoms with van der Waals surface area (Å²) in [6.07, 6.45) is 5.13. The molecule has 1 rings (SSSR count). The van der Waals surface area contributed by atoms with Crippen LogP contribution in [0.25, 0.3) is 0 Å². The largest absolute Gasteiger partial charge is 0.349 e. The van der Waals surface area contributed by atoms with Crippen molar-refractivity contribution in [1.29, 1.82) is 0 Å². The molecule has 10 heavy (non-hydrogen) atoms. The predicted octanol–water partition coefficient (Wildman–Crippen LogP) is 0.830. The number of terminal acetylenes is 1. The van der Waals surface area contributed by atoms with Crippen LogP contribution in [-0.2, 0) is 9.47 Å². The lowest BCUT2D eigenvalue weighted by Gasteiger charge is -2.29. The van der Waals surface area contributed by atoms with Crippen LogP contribution in [0, 0.1) is 18.3 Å². The molecule has 3 heteroatoms. The molecule has 1 aliphatic rings. The Balaban J connectivity index is 2.47. The van der Waals surface area contributed by atoms with Crippen LogP contribution in [0.2, 0.25) is 0 Å². The predicted molar refractivity (Wildman–Crippen MR) is 42.3 cm³/mol. The fraction of sp³-hybridized carbons (Fsp3) is 0.714. The Bertz CT molecular complexity index is 152. The van der Waals surface area contributed by atoms with Gasteiger partial charge >= 0.3 is 0 Å². The monoisotopic (exact) mass is 158 g/mol. The summed E-state index contributed by atoms with van der Waals surface area (Å²) in [4.78, 5) is 0. The van der Waals surface area contributed by atoms with E-state index < -0.39 is 0 Å². The Kier molecular flexibility index (Phi) is 2.68. The van der Waals surface area contributed by atoms with Gasteiger partial charge in [0.15, 0.2) is 6.03 Å².